The van der Waals surface area contributed by atoms with Gasteiger partial charge in [0.15, 0.2) is 0 Å². The average molecular weight is 354 g/mol. The number of benzene rings is 1. The fourth-order valence-corrected chi connectivity index (χ4v) is 3.50. The van der Waals surface area contributed by atoms with E-state index in [-0.39, 0.29) is 36.5 Å². The lowest BCUT2D eigenvalue weighted by molar-refractivity contribution is -0.130. The minimum Gasteiger partial charge on any atom is -0.326 e. The lowest BCUT2D eigenvalue weighted by Crippen LogP contribution is -2.42. The molecule has 1 heterocycles. The summed E-state index contributed by atoms with van der Waals surface area (Å²) < 4.78 is 39.1. The van der Waals surface area contributed by atoms with Crippen molar-refractivity contribution in [3.05, 3.63) is 30.1 Å². The van der Waals surface area contributed by atoms with Gasteiger partial charge in [0.2, 0.25) is 15.9 Å². The molecule has 0 aliphatic carbocycles. The predicted molar refractivity (Wildman–Crippen MR) is 84.8 cm³/mol. The first-order valence-electron chi connectivity index (χ1n) is 7.59. The van der Waals surface area contributed by atoms with Crippen molar-refractivity contribution in [1.82, 2.24) is 14.9 Å². The summed E-state index contributed by atoms with van der Waals surface area (Å²) in [6.07, 6.45) is 1.52. The van der Waals surface area contributed by atoms with Crippen molar-refractivity contribution < 1.29 is 17.6 Å². The van der Waals surface area contributed by atoms with Gasteiger partial charge in [-0.2, -0.15) is 5.26 Å². The number of halogens is 1. The SMILES string of the molecule is N#C[C@@H]1CCCN1C(=O)CNCCNS(=O)(=O)c1ccc(F)cc1. The number of nitrogens with one attached hydrogen (secondary N) is 2. The highest BCUT2D eigenvalue weighted by Gasteiger charge is 2.27. The number of likely N-dealkylation sites (tertiary alicyclic amines) is 1. The summed E-state index contributed by atoms with van der Waals surface area (Å²) in [5.74, 6) is -0.674. The topological polar surface area (TPSA) is 102 Å². The number of rotatable bonds is 7. The summed E-state index contributed by atoms with van der Waals surface area (Å²) in [4.78, 5) is 13.5. The quantitative estimate of drug-likeness (QED) is 0.682. The molecule has 0 aromatic heterocycles. The Morgan fingerprint density at radius 1 is 1.33 bits per heavy atom. The molecule has 0 unspecified atom stereocenters. The van der Waals surface area contributed by atoms with Crippen molar-refractivity contribution in [3.8, 4) is 6.07 Å². The number of sulfonamides is 1. The molecule has 9 heteroatoms. The Balaban J connectivity index is 1.72. The van der Waals surface area contributed by atoms with E-state index in [1.54, 1.807) is 0 Å². The van der Waals surface area contributed by atoms with Crippen LogP contribution in [-0.4, -0.2) is 51.4 Å². The van der Waals surface area contributed by atoms with Crippen molar-refractivity contribution >= 4 is 15.9 Å². The minimum absolute atomic E-state index is 0.0195. The van der Waals surface area contributed by atoms with Crippen LogP contribution < -0.4 is 10.0 Å². The molecule has 1 aliphatic heterocycles. The van der Waals surface area contributed by atoms with E-state index >= 15 is 0 Å². The first-order chi connectivity index (χ1) is 11.4. The molecule has 130 valence electrons. The van der Waals surface area contributed by atoms with Crippen LogP contribution in [0, 0.1) is 17.1 Å². The Morgan fingerprint density at radius 2 is 2.04 bits per heavy atom. The summed E-state index contributed by atoms with van der Waals surface area (Å²) in [7, 11) is -3.70. The van der Waals surface area contributed by atoms with Gasteiger partial charge in [0, 0.05) is 19.6 Å². The Bertz CT molecular complexity index is 715. The number of carbonyl (C=O) groups is 1. The third-order valence-corrected chi connectivity index (χ3v) is 5.19. The normalized spacial score (nSPS) is 17.7. The molecule has 1 aromatic rings. The molecule has 7 nitrogen and oxygen atoms in total. The van der Waals surface area contributed by atoms with Gasteiger partial charge >= 0.3 is 0 Å². The van der Waals surface area contributed by atoms with Crippen LogP contribution in [0.3, 0.4) is 0 Å². The Labute approximate surface area is 140 Å². The average Bonchev–Trinajstić information content (AvgIpc) is 3.03. The fourth-order valence-electron chi connectivity index (χ4n) is 2.47. The van der Waals surface area contributed by atoms with Crippen molar-refractivity contribution in [2.75, 3.05) is 26.2 Å². The summed E-state index contributed by atoms with van der Waals surface area (Å²) in [5, 5.41) is 11.8. The zero-order valence-corrected chi connectivity index (χ0v) is 13.9. The van der Waals surface area contributed by atoms with Crippen LogP contribution in [0.2, 0.25) is 0 Å². The number of hydrogen-bond acceptors (Lipinski definition) is 5. The van der Waals surface area contributed by atoms with Gasteiger partial charge in [-0.1, -0.05) is 0 Å². The molecule has 1 atom stereocenters. The van der Waals surface area contributed by atoms with Crippen LogP contribution in [0.4, 0.5) is 4.39 Å². The van der Waals surface area contributed by atoms with Crippen LogP contribution in [0.1, 0.15) is 12.8 Å². The number of amides is 1. The lowest BCUT2D eigenvalue weighted by Gasteiger charge is -2.19. The van der Waals surface area contributed by atoms with Gasteiger partial charge < -0.3 is 10.2 Å². The molecule has 24 heavy (non-hydrogen) atoms. The zero-order chi connectivity index (χ0) is 17.6. The van der Waals surface area contributed by atoms with Crippen LogP contribution in [0.25, 0.3) is 0 Å². The van der Waals surface area contributed by atoms with Gasteiger partial charge in [0.25, 0.3) is 0 Å². The number of hydrogen-bond donors (Lipinski definition) is 2. The second kappa shape index (κ2) is 8.19. The first kappa shape index (κ1) is 18.3. The highest BCUT2D eigenvalue weighted by atomic mass is 32.2. The smallest absolute Gasteiger partial charge is 0.240 e. The molecule has 1 aromatic carbocycles. The van der Waals surface area contributed by atoms with E-state index in [2.05, 4.69) is 16.1 Å². The maximum absolute atomic E-state index is 12.8. The zero-order valence-electron chi connectivity index (χ0n) is 13.0. The molecular weight excluding hydrogens is 335 g/mol. The van der Waals surface area contributed by atoms with E-state index in [1.807, 2.05) is 0 Å². The van der Waals surface area contributed by atoms with Crippen molar-refractivity contribution in [2.45, 2.75) is 23.8 Å². The van der Waals surface area contributed by atoms with E-state index in [4.69, 9.17) is 5.26 Å². The summed E-state index contributed by atoms with van der Waals surface area (Å²) in [6, 6.07) is 6.26. The highest BCUT2D eigenvalue weighted by molar-refractivity contribution is 7.89. The molecule has 2 N–H and O–H groups in total. The van der Waals surface area contributed by atoms with Crippen molar-refractivity contribution in [2.24, 2.45) is 0 Å². The Hall–Kier alpha value is -2.02. The third-order valence-electron chi connectivity index (χ3n) is 3.72. The molecule has 0 spiro atoms. The molecule has 2 rings (SSSR count). The molecule has 1 amide bonds. The largest absolute Gasteiger partial charge is 0.326 e. The van der Waals surface area contributed by atoms with Crippen LogP contribution >= 0.6 is 0 Å². The van der Waals surface area contributed by atoms with E-state index in [1.165, 1.54) is 17.0 Å². The number of nitriles is 1. The van der Waals surface area contributed by atoms with Gasteiger partial charge in [0.05, 0.1) is 17.5 Å². The van der Waals surface area contributed by atoms with Gasteiger partial charge in [-0.25, -0.2) is 17.5 Å². The second-order valence-electron chi connectivity index (χ2n) is 5.40. The molecule has 1 saturated heterocycles. The molecule has 1 aliphatic rings. The third kappa shape index (κ3) is 4.74. The van der Waals surface area contributed by atoms with Crippen molar-refractivity contribution in [3.63, 3.8) is 0 Å². The van der Waals surface area contributed by atoms with Crippen molar-refractivity contribution in [1.29, 1.82) is 5.26 Å². The predicted octanol–water partition coefficient (Wildman–Crippen LogP) is 0.208. The van der Waals surface area contributed by atoms with Crippen LogP contribution in [0.5, 0.6) is 0 Å². The maximum Gasteiger partial charge on any atom is 0.240 e. The molecule has 0 bridgehead atoms. The standard InChI is InChI=1S/C15H19FN4O3S/c16-12-3-5-14(6-4-12)24(22,23)19-8-7-18-11-15(21)20-9-1-2-13(20)10-17/h3-6,13,18-19H,1-2,7-9,11H2/t13-/m0/s1. The van der Waals surface area contributed by atoms with Gasteiger partial charge in [-0.15, -0.1) is 0 Å². The Morgan fingerprint density at radius 3 is 2.71 bits per heavy atom. The van der Waals surface area contributed by atoms with Gasteiger partial charge in [0.1, 0.15) is 11.9 Å². The lowest BCUT2D eigenvalue weighted by atomic mass is 10.2. The maximum atomic E-state index is 12.8. The summed E-state index contributed by atoms with van der Waals surface area (Å²) in [6.45, 7) is 0.984. The number of nitrogens with zero attached hydrogens (tertiary/aromatic N) is 2. The first-order valence-corrected chi connectivity index (χ1v) is 9.07. The molecular formula is C15H19FN4O3S. The summed E-state index contributed by atoms with van der Waals surface area (Å²) >= 11 is 0. The van der Waals surface area contributed by atoms with Gasteiger partial charge in [-0.05, 0) is 37.1 Å². The van der Waals surface area contributed by atoms with Crippen LogP contribution in [-0.2, 0) is 14.8 Å². The molecule has 0 saturated carbocycles. The highest BCUT2D eigenvalue weighted by Crippen LogP contribution is 2.15. The summed E-state index contributed by atoms with van der Waals surface area (Å²) in [5.41, 5.74) is 0. The van der Waals surface area contributed by atoms with Gasteiger partial charge in [-0.3, -0.25) is 4.79 Å². The fraction of sp³-hybridized carbons (Fsp3) is 0.467. The molecule has 1 fully saturated rings. The Kier molecular flexibility index (Phi) is 6.25. The second-order valence-corrected chi connectivity index (χ2v) is 7.17. The number of carbonyl (C=O) groups excluding carboxylic acids is 1. The van der Waals surface area contributed by atoms with E-state index in [0.717, 1.165) is 18.6 Å². The van der Waals surface area contributed by atoms with E-state index in [0.29, 0.717) is 13.0 Å². The van der Waals surface area contributed by atoms with E-state index in [9.17, 15) is 17.6 Å². The minimum atomic E-state index is -3.70. The van der Waals surface area contributed by atoms with E-state index < -0.39 is 15.8 Å². The molecule has 0 radical (unpaired) electrons. The van der Waals surface area contributed by atoms with Crippen LogP contribution in [0.15, 0.2) is 29.2 Å². The monoisotopic (exact) mass is 354 g/mol.